The number of hydrogen-bond donors (Lipinski definition) is 1. The molecule has 2 nitrogen and oxygen atoms in total. The maximum absolute atomic E-state index is 10.3. The van der Waals surface area contributed by atoms with E-state index in [4.69, 9.17) is 11.6 Å². The molecule has 3 heteroatoms. The van der Waals surface area contributed by atoms with Crippen LogP contribution in [-0.2, 0) is 0 Å². The number of rotatable bonds is 2. The van der Waals surface area contributed by atoms with Crippen molar-refractivity contribution in [1.29, 1.82) is 0 Å². The first-order valence-corrected chi connectivity index (χ1v) is 5.82. The van der Waals surface area contributed by atoms with Crippen molar-refractivity contribution < 1.29 is 5.11 Å². The van der Waals surface area contributed by atoms with E-state index in [2.05, 4.69) is 11.1 Å². The van der Waals surface area contributed by atoms with Gasteiger partial charge in [0.15, 0.2) is 0 Å². The molecule has 1 atom stereocenters. The van der Waals surface area contributed by atoms with Gasteiger partial charge in [-0.25, -0.2) is 4.98 Å². The summed E-state index contributed by atoms with van der Waals surface area (Å²) in [5.74, 6) is 0. The summed E-state index contributed by atoms with van der Waals surface area (Å²) in [6, 6.07) is 9.46. The zero-order valence-electron chi connectivity index (χ0n) is 9.81. The first-order valence-electron chi connectivity index (χ1n) is 5.44. The van der Waals surface area contributed by atoms with Crippen molar-refractivity contribution in [3.8, 4) is 0 Å². The Labute approximate surface area is 106 Å². The third-order valence-electron chi connectivity index (χ3n) is 2.79. The second kappa shape index (κ2) is 4.86. The van der Waals surface area contributed by atoms with Crippen LogP contribution in [0.15, 0.2) is 36.5 Å². The average Bonchev–Trinajstić information content (AvgIpc) is 2.28. The standard InChI is InChI=1S/C14H14ClNO/c1-9-3-4-12(10(2)7-9)14(17)11-5-6-16-13(15)8-11/h3-8,14,17H,1-2H3. The molecule has 17 heavy (non-hydrogen) atoms. The minimum atomic E-state index is -0.656. The Bertz CT molecular complexity index is 539. The second-order valence-electron chi connectivity index (χ2n) is 4.17. The van der Waals surface area contributed by atoms with E-state index in [1.54, 1.807) is 18.3 Å². The summed E-state index contributed by atoms with van der Waals surface area (Å²) in [6.45, 7) is 4.03. The Kier molecular flexibility index (Phi) is 3.46. The van der Waals surface area contributed by atoms with E-state index >= 15 is 0 Å². The fourth-order valence-electron chi connectivity index (χ4n) is 1.90. The molecule has 0 radical (unpaired) electrons. The van der Waals surface area contributed by atoms with Crippen LogP contribution in [0.3, 0.4) is 0 Å². The Morgan fingerprint density at radius 2 is 1.94 bits per heavy atom. The largest absolute Gasteiger partial charge is 0.384 e. The number of aliphatic hydroxyl groups is 1. The maximum Gasteiger partial charge on any atom is 0.129 e. The van der Waals surface area contributed by atoms with Gasteiger partial charge >= 0.3 is 0 Å². The summed E-state index contributed by atoms with van der Waals surface area (Å²) in [4.78, 5) is 3.91. The van der Waals surface area contributed by atoms with Gasteiger partial charge in [0, 0.05) is 6.20 Å². The lowest BCUT2D eigenvalue weighted by molar-refractivity contribution is 0.219. The van der Waals surface area contributed by atoms with Crippen molar-refractivity contribution in [2.45, 2.75) is 20.0 Å². The highest BCUT2D eigenvalue weighted by molar-refractivity contribution is 6.29. The molecule has 0 fully saturated rings. The van der Waals surface area contributed by atoms with Gasteiger partial charge in [0.2, 0.25) is 0 Å². The Morgan fingerprint density at radius 3 is 2.59 bits per heavy atom. The summed E-state index contributed by atoms with van der Waals surface area (Å²) in [5.41, 5.74) is 3.92. The van der Waals surface area contributed by atoms with E-state index in [0.717, 1.165) is 16.7 Å². The fraction of sp³-hybridized carbons (Fsp3) is 0.214. The molecule has 0 spiro atoms. The lowest BCUT2D eigenvalue weighted by atomic mass is 9.97. The van der Waals surface area contributed by atoms with Crippen LogP contribution in [-0.4, -0.2) is 10.1 Å². The molecule has 0 saturated heterocycles. The summed E-state index contributed by atoms with van der Waals surface area (Å²) >= 11 is 5.82. The molecule has 1 unspecified atom stereocenters. The zero-order valence-corrected chi connectivity index (χ0v) is 10.6. The maximum atomic E-state index is 10.3. The molecule has 88 valence electrons. The molecule has 0 bridgehead atoms. The van der Waals surface area contributed by atoms with Crippen molar-refractivity contribution in [3.63, 3.8) is 0 Å². The highest BCUT2D eigenvalue weighted by Gasteiger charge is 2.13. The third-order valence-corrected chi connectivity index (χ3v) is 2.99. The Morgan fingerprint density at radius 1 is 1.18 bits per heavy atom. The number of nitrogens with zero attached hydrogens (tertiary/aromatic N) is 1. The molecule has 0 amide bonds. The van der Waals surface area contributed by atoms with E-state index in [1.807, 2.05) is 26.0 Å². The minimum absolute atomic E-state index is 0.395. The molecule has 1 N–H and O–H groups in total. The third kappa shape index (κ3) is 2.65. The summed E-state index contributed by atoms with van der Waals surface area (Å²) < 4.78 is 0. The molecule has 0 aliphatic rings. The van der Waals surface area contributed by atoms with Crippen molar-refractivity contribution in [2.24, 2.45) is 0 Å². The predicted molar refractivity (Wildman–Crippen MR) is 69.2 cm³/mol. The average molecular weight is 248 g/mol. The number of hydrogen-bond acceptors (Lipinski definition) is 2. The van der Waals surface area contributed by atoms with E-state index in [9.17, 15) is 5.11 Å². The van der Waals surface area contributed by atoms with Gasteiger partial charge < -0.3 is 5.11 Å². The van der Waals surface area contributed by atoms with Crippen molar-refractivity contribution in [3.05, 3.63) is 63.9 Å². The van der Waals surface area contributed by atoms with Crippen LogP contribution in [0.1, 0.15) is 28.4 Å². The van der Waals surface area contributed by atoms with Crippen LogP contribution in [0.2, 0.25) is 5.15 Å². The van der Waals surface area contributed by atoms with E-state index in [0.29, 0.717) is 5.15 Å². The fourth-order valence-corrected chi connectivity index (χ4v) is 2.08. The van der Waals surface area contributed by atoms with E-state index < -0.39 is 6.10 Å². The number of aromatic nitrogens is 1. The van der Waals surface area contributed by atoms with Crippen LogP contribution in [0.4, 0.5) is 0 Å². The lowest BCUT2D eigenvalue weighted by Gasteiger charge is -2.14. The summed E-state index contributed by atoms with van der Waals surface area (Å²) in [5, 5.41) is 10.7. The van der Waals surface area contributed by atoms with Gasteiger partial charge in [0.05, 0.1) is 0 Å². The van der Waals surface area contributed by atoms with Gasteiger partial charge in [-0.05, 0) is 42.7 Å². The number of halogens is 1. The molecule has 1 heterocycles. The van der Waals surface area contributed by atoms with Gasteiger partial charge in [-0.1, -0.05) is 35.4 Å². The first-order chi connectivity index (χ1) is 8.08. The van der Waals surface area contributed by atoms with Gasteiger partial charge in [-0.2, -0.15) is 0 Å². The molecule has 0 aliphatic heterocycles. The van der Waals surface area contributed by atoms with Crippen LogP contribution in [0.5, 0.6) is 0 Å². The smallest absolute Gasteiger partial charge is 0.129 e. The molecule has 2 aromatic rings. The Hall–Kier alpha value is -1.38. The molecule has 1 aromatic carbocycles. The number of aliphatic hydroxyl groups excluding tert-OH is 1. The normalized spacial score (nSPS) is 12.5. The highest BCUT2D eigenvalue weighted by Crippen LogP contribution is 2.26. The van der Waals surface area contributed by atoms with Gasteiger partial charge in [-0.15, -0.1) is 0 Å². The minimum Gasteiger partial charge on any atom is -0.384 e. The van der Waals surface area contributed by atoms with Crippen molar-refractivity contribution in [2.75, 3.05) is 0 Å². The van der Waals surface area contributed by atoms with Crippen molar-refractivity contribution >= 4 is 11.6 Å². The first kappa shape index (κ1) is 12.1. The lowest BCUT2D eigenvalue weighted by Crippen LogP contribution is -2.02. The number of pyridine rings is 1. The van der Waals surface area contributed by atoms with Crippen molar-refractivity contribution in [1.82, 2.24) is 4.98 Å². The second-order valence-corrected chi connectivity index (χ2v) is 4.56. The molecule has 0 aliphatic carbocycles. The van der Waals surface area contributed by atoms with Gasteiger partial charge in [0.25, 0.3) is 0 Å². The number of aryl methyl sites for hydroxylation is 2. The molecular formula is C14H14ClNO. The van der Waals surface area contributed by atoms with Crippen LogP contribution in [0, 0.1) is 13.8 Å². The topological polar surface area (TPSA) is 33.1 Å². The quantitative estimate of drug-likeness (QED) is 0.825. The van der Waals surface area contributed by atoms with E-state index in [-0.39, 0.29) is 0 Å². The Balaban J connectivity index is 2.40. The SMILES string of the molecule is Cc1ccc(C(O)c2ccnc(Cl)c2)c(C)c1. The highest BCUT2D eigenvalue weighted by atomic mass is 35.5. The van der Waals surface area contributed by atoms with Crippen LogP contribution in [0.25, 0.3) is 0 Å². The molecule has 0 saturated carbocycles. The van der Waals surface area contributed by atoms with Crippen LogP contribution < -0.4 is 0 Å². The monoisotopic (exact) mass is 247 g/mol. The summed E-state index contributed by atoms with van der Waals surface area (Å²) in [6.07, 6.45) is 0.945. The van der Waals surface area contributed by atoms with Gasteiger partial charge in [0.1, 0.15) is 11.3 Å². The zero-order chi connectivity index (χ0) is 12.4. The summed E-state index contributed by atoms with van der Waals surface area (Å²) in [7, 11) is 0. The van der Waals surface area contributed by atoms with Gasteiger partial charge in [-0.3, -0.25) is 0 Å². The van der Waals surface area contributed by atoms with E-state index in [1.165, 1.54) is 5.56 Å². The van der Waals surface area contributed by atoms with Crippen LogP contribution >= 0.6 is 11.6 Å². The molecular weight excluding hydrogens is 234 g/mol. The number of benzene rings is 1. The predicted octanol–water partition coefficient (Wildman–Crippen LogP) is 3.43. The molecule has 1 aromatic heterocycles. The molecule has 2 rings (SSSR count).